The molecule has 3 aromatic carbocycles. The normalized spacial score (nSPS) is 16.6. The molecule has 0 spiro atoms. The highest BCUT2D eigenvalue weighted by molar-refractivity contribution is 7.89. The first kappa shape index (κ1) is 21.0. The molecule has 8 heteroatoms. The van der Waals surface area contributed by atoms with E-state index < -0.39 is 15.9 Å². The molecule has 7 nitrogen and oxygen atoms in total. The topological polar surface area (TPSA) is 110 Å². The van der Waals surface area contributed by atoms with Gasteiger partial charge in [0.15, 0.2) is 0 Å². The van der Waals surface area contributed by atoms with E-state index in [1.54, 1.807) is 17.0 Å². The van der Waals surface area contributed by atoms with Crippen molar-refractivity contribution in [3.63, 3.8) is 0 Å². The summed E-state index contributed by atoms with van der Waals surface area (Å²) >= 11 is 0. The van der Waals surface area contributed by atoms with E-state index in [0.717, 1.165) is 22.0 Å². The molecular formula is C23H23N3O4S. The average Bonchev–Trinajstić information content (AvgIpc) is 3.14. The maximum absolute atomic E-state index is 12.6. The monoisotopic (exact) mass is 437 g/mol. The van der Waals surface area contributed by atoms with E-state index >= 15 is 0 Å². The number of nitrogens with zero attached hydrogens (tertiary/aromatic N) is 1. The molecule has 1 aliphatic heterocycles. The van der Waals surface area contributed by atoms with Crippen LogP contribution >= 0.6 is 0 Å². The summed E-state index contributed by atoms with van der Waals surface area (Å²) in [6.07, 6.45) is 0.725. The van der Waals surface area contributed by atoms with Crippen molar-refractivity contribution < 1.29 is 18.0 Å². The first-order chi connectivity index (χ1) is 14.8. The van der Waals surface area contributed by atoms with E-state index in [1.165, 1.54) is 12.1 Å². The smallest absolute Gasteiger partial charge is 0.238 e. The number of carbonyl (C=O) groups excluding carboxylic acids is 2. The predicted molar refractivity (Wildman–Crippen MR) is 119 cm³/mol. The Hall–Kier alpha value is -3.23. The summed E-state index contributed by atoms with van der Waals surface area (Å²) in [5, 5.41) is 10.0. The fraction of sp³-hybridized carbons (Fsp3) is 0.217. The quantitative estimate of drug-likeness (QED) is 0.616. The molecule has 0 unspecified atom stereocenters. The molecule has 160 valence electrons. The van der Waals surface area contributed by atoms with E-state index in [1.807, 2.05) is 42.5 Å². The second-order valence-electron chi connectivity index (χ2n) is 7.63. The Morgan fingerprint density at radius 1 is 1.03 bits per heavy atom. The van der Waals surface area contributed by atoms with Gasteiger partial charge in [0, 0.05) is 24.9 Å². The van der Waals surface area contributed by atoms with Crippen molar-refractivity contribution in [3.05, 3.63) is 72.3 Å². The number of nitrogens with two attached hydrogens (primary N) is 1. The molecule has 0 radical (unpaired) electrons. The van der Waals surface area contributed by atoms with Crippen molar-refractivity contribution in [1.29, 1.82) is 0 Å². The van der Waals surface area contributed by atoms with E-state index in [0.29, 0.717) is 19.5 Å². The van der Waals surface area contributed by atoms with Crippen molar-refractivity contribution >= 4 is 38.3 Å². The Morgan fingerprint density at radius 2 is 1.74 bits per heavy atom. The minimum Gasteiger partial charge on any atom is -0.355 e. The molecule has 0 aliphatic carbocycles. The molecule has 0 saturated carbocycles. The highest BCUT2D eigenvalue weighted by Crippen LogP contribution is 2.31. The second kappa shape index (κ2) is 8.49. The lowest BCUT2D eigenvalue weighted by Gasteiger charge is -2.19. The summed E-state index contributed by atoms with van der Waals surface area (Å²) in [6, 6.07) is 19.9. The van der Waals surface area contributed by atoms with Crippen LogP contribution in [-0.2, 0) is 26.0 Å². The van der Waals surface area contributed by atoms with Gasteiger partial charge in [0.2, 0.25) is 21.8 Å². The molecule has 0 bridgehead atoms. The molecule has 31 heavy (non-hydrogen) atoms. The van der Waals surface area contributed by atoms with Crippen LogP contribution in [0.2, 0.25) is 0 Å². The maximum Gasteiger partial charge on any atom is 0.238 e. The molecule has 4 rings (SSSR count). The minimum atomic E-state index is -3.72. The summed E-state index contributed by atoms with van der Waals surface area (Å²) in [5.41, 5.74) is 1.71. The zero-order valence-corrected chi connectivity index (χ0v) is 17.6. The van der Waals surface area contributed by atoms with Gasteiger partial charge < -0.3 is 10.2 Å². The van der Waals surface area contributed by atoms with Crippen LogP contribution in [0.5, 0.6) is 0 Å². The lowest BCUT2D eigenvalue weighted by Crippen LogP contribution is -2.34. The molecule has 1 aliphatic rings. The number of anilines is 1. The van der Waals surface area contributed by atoms with E-state index in [-0.39, 0.29) is 23.1 Å². The van der Waals surface area contributed by atoms with Crippen LogP contribution < -0.4 is 15.4 Å². The Labute approximate surface area is 180 Å². The van der Waals surface area contributed by atoms with Gasteiger partial charge in [-0.2, -0.15) is 0 Å². The van der Waals surface area contributed by atoms with Crippen molar-refractivity contribution in [1.82, 2.24) is 5.32 Å². The summed E-state index contributed by atoms with van der Waals surface area (Å²) in [5.74, 6) is -0.622. The highest BCUT2D eigenvalue weighted by atomic mass is 32.2. The first-order valence-electron chi connectivity index (χ1n) is 10.0. The fourth-order valence-electron chi connectivity index (χ4n) is 3.88. The van der Waals surface area contributed by atoms with Crippen LogP contribution in [0, 0.1) is 5.92 Å². The van der Waals surface area contributed by atoms with Crippen LogP contribution in [0.3, 0.4) is 0 Å². The number of hydrogen-bond acceptors (Lipinski definition) is 4. The van der Waals surface area contributed by atoms with Crippen LogP contribution in [0.25, 0.3) is 10.8 Å². The zero-order chi connectivity index (χ0) is 22.0. The summed E-state index contributed by atoms with van der Waals surface area (Å²) in [4.78, 5) is 27.0. The van der Waals surface area contributed by atoms with Gasteiger partial charge in [-0.15, -0.1) is 0 Å². The third-order valence-electron chi connectivity index (χ3n) is 5.52. The average molecular weight is 438 g/mol. The highest BCUT2D eigenvalue weighted by Gasteiger charge is 2.35. The third kappa shape index (κ3) is 4.60. The van der Waals surface area contributed by atoms with Crippen molar-refractivity contribution in [2.24, 2.45) is 11.1 Å². The number of rotatable bonds is 6. The van der Waals surface area contributed by atoms with Crippen LogP contribution in [0.1, 0.15) is 12.0 Å². The Kier molecular flexibility index (Phi) is 5.75. The van der Waals surface area contributed by atoms with Gasteiger partial charge in [-0.05, 0) is 35.6 Å². The lowest BCUT2D eigenvalue weighted by atomic mass is 10.1. The molecule has 1 atom stereocenters. The van der Waals surface area contributed by atoms with Crippen LogP contribution in [0.4, 0.5) is 5.69 Å². The van der Waals surface area contributed by atoms with Gasteiger partial charge in [0.1, 0.15) is 0 Å². The van der Waals surface area contributed by atoms with E-state index in [9.17, 15) is 18.0 Å². The number of carbonyl (C=O) groups is 2. The number of hydrogen-bond donors (Lipinski definition) is 2. The molecule has 3 N–H and O–H groups in total. The molecule has 3 aromatic rings. The summed E-state index contributed by atoms with van der Waals surface area (Å²) in [6.45, 7) is 0.744. The van der Waals surface area contributed by atoms with Gasteiger partial charge in [-0.25, -0.2) is 13.6 Å². The molecular weight excluding hydrogens is 414 g/mol. The van der Waals surface area contributed by atoms with E-state index in [4.69, 9.17) is 5.14 Å². The number of benzene rings is 3. The number of nitrogens with one attached hydrogen (secondary N) is 1. The molecule has 0 aromatic heterocycles. The predicted octanol–water partition coefficient (Wildman–Crippen LogP) is 2.20. The van der Waals surface area contributed by atoms with Gasteiger partial charge in [0.25, 0.3) is 0 Å². The number of amides is 2. The minimum absolute atomic E-state index is 0.0540. The molecule has 1 heterocycles. The fourth-order valence-corrected chi connectivity index (χ4v) is 4.40. The molecule has 1 fully saturated rings. The maximum atomic E-state index is 12.6. The Morgan fingerprint density at radius 3 is 2.48 bits per heavy atom. The summed E-state index contributed by atoms with van der Waals surface area (Å²) < 4.78 is 22.6. The third-order valence-corrected chi connectivity index (χ3v) is 6.45. The summed E-state index contributed by atoms with van der Waals surface area (Å²) in [7, 11) is -3.72. The van der Waals surface area contributed by atoms with Crippen molar-refractivity contribution in [2.45, 2.75) is 17.7 Å². The first-order valence-corrected chi connectivity index (χ1v) is 11.5. The molecule has 1 saturated heterocycles. The Balaban J connectivity index is 1.36. The van der Waals surface area contributed by atoms with Gasteiger partial charge in [-0.1, -0.05) is 48.5 Å². The SMILES string of the molecule is NS(=O)(=O)c1ccc(CCNC(=O)[C@H]2CC(=O)N(c3cccc4ccccc34)C2)cc1. The number of fused-ring (bicyclic) bond motifs is 1. The standard InChI is InChI=1S/C23H23N3O4S/c24-31(29,30)19-10-8-16(9-11-19)12-13-25-23(28)18-14-22(27)26(15-18)21-7-3-5-17-4-1-2-6-20(17)21/h1-11,18H,12-15H2,(H,25,28)(H2,24,29,30)/t18-/m0/s1. The largest absolute Gasteiger partial charge is 0.355 e. The van der Waals surface area contributed by atoms with Crippen LogP contribution in [0.15, 0.2) is 71.6 Å². The number of primary sulfonamides is 1. The lowest BCUT2D eigenvalue weighted by molar-refractivity contribution is -0.126. The van der Waals surface area contributed by atoms with Gasteiger partial charge in [-0.3, -0.25) is 9.59 Å². The number of sulfonamides is 1. The van der Waals surface area contributed by atoms with Crippen molar-refractivity contribution in [3.8, 4) is 0 Å². The van der Waals surface area contributed by atoms with Crippen LogP contribution in [-0.4, -0.2) is 33.3 Å². The molecule has 2 amide bonds. The van der Waals surface area contributed by atoms with Crippen molar-refractivity contribution in [2.75, 3.05) is 18.0 Å². The van der Waals surface area contributed by atoms with E-state index in [2.05, 4.69) is 5.32 Å². The zero-order valence-electron chi connectivity index (χ0n) is 16.8. The second-order valence-corrected chi connectivity index (χ2v) is 9.20. The Bertz CT molecular complexity index is 1230. The van der Waals surface area contributed by atoms with Gasteiger partial charge in [0.05, 0.1) is 16.5 Å². The van der Waals surface area contributed by atoms with Gasteiger partial charge >= 0.3 is 0 Å².